The van der Waals surface area contributed by atoms with Crippen LogP contribution < -0.4 is 0 Å². The van der Waals surface area contributed by atoms with Crippen LogP contribution in [-0.2, 0) is 11.3 Å². The van der Waals surface area contributed by atoms with Crippen LogP contribution >= 0.6 is 15.9 Å². The maximum atomic E-state index is 12.9. The van der Waals surface area contributed by atoms with Gasteiger partial charge in [0.05, 0.1) is 6.54 Å². The summed E-state index contributed by atoms with van der Waals surface area (Å²) >= 11 is 3.10. The summed E-state index contributed by atoms with van der Waals surface area (Å²) in [6.07, 6.45) is -5.19. The van der Waals surface area contributed by atoms with Crippen LogP contribution in [0.4, 0.5) is 13.2 Å². The highest BCUT2D eigenvalue weighted by atomic mass is 79.9. The van der Waals surface area contributed by atoms with Gasteiger partial charge in [0, 0.05) is 13.1 Å². The van der Waals surface area contributed by atoms with E-state index in [0.29, 0.717) is 10.4 Å². The molecule has 106 valence electrons. The van der Waals surface area contributed by atoms with Gasteiger partial charge in [-0.25, -0.2) is 0 Å². The molecule has 1 fully saturated rings. The van der Waals surface area contributed by atoms with Gasteiger partial charge < -0.3 is 9.52 Å². The van der Waals surface area contributed by atoms with E-state index >= 15 is 0 Å². The van der Waals surface area contributed by atoms with Crippen molar-refractivity contribution < 1.29 is 27.5 Å². The highest BCUT2D eigenvalue weighted by molar-refractivity contribution is 9.10. The Morgan fingerprint density at radius 1 is 1.53 bits per heavy atom. The second kappa shape index (κ2) is 4.82. The fourth-order valence-electron chi connectivity index (χ4n) is 2.21. The SMILES string of the molecule is O=C(O)C1(C(F)(F)F)CCN(Cc2ccc(Br)o2)C1. The van der Waals surface area contributed by atoms with Gasteiger partial charge in [-0.3, -0.25) is 9.69 Å². The zero-order chi connectivity index (χ0) is 14.3. The van der Waals surface area contributed by atoms with Crippen molar-refractivity contribution in [1.29, 1.82) is 0 Å². The van der Waals surface area contributed by atoms with Crippen LogP contribution in [0.2, 0.25) is 0 Å². The van der Waals surface area contributed by atoms with Gasteiger partial charge in [-0.1, -0.05) is 0 Å². The van der Waals surface area contributed by atoms with Crippen molar-refractivity contribution in [1.82, 2.24) is 4.90 Å². The van der Waals surface area contributed by atoms with Crippen molar-refractivity contribution in [2.75, 3.05) is 13.1 Å². The minimum atomic E-state index is -4.75. The number of carbonyl (C=O) groups is 1. The molecule has 1 aromatic heterocycles. The third-order valence-corrected chi connectivity index (χ3v) is 3.73. The predicted molar refractivity (Wildman–Crippen MR) is 62.4 cm³/mol. The Labute approximate surface area is 115 Å². The average Bonchev–Trinajstić information content (AvgIpc) is 2.85. The fourth-order valence-corrected chi connectivity index (χ4v) is 2.55. The first-order valence-electron chi connectivity index (χ1n) is 5.51. The predicted octanol–water partition coefficient (Wildman–Crippen LogP) is 2.88. The third kappa shape index (κ3) is 2.64. The van der Waals surface area contributed by atoms with Gasteiger partial charge in [-0.05, 0) is 34.5 Å². The van der Waals surface area contributed by atoms with E-state index in [1.54, 1.807) is 12.1 Å². The van der Waals surface area contributed by atoms with Gasteiger partial charge in [0.1, 0.15) is 5.76 Å². The number of rotatable bonds is 3. The molecule has 0 aliphatic carbocycles. The number of carboxylic acid groups (broad SMARTS) is 1. The molecule has 8 heteroatoms. The molecule has 1 saturated heterocycles. The van der Waals surface area contributed by atoms with Crippen molar-refractivity contribution in [3.63, 3.8) is 0 Å². The van der Waals surface area contributed by atoms with Crippen molar-refractivity contribution >= 4 is 21.9 Å². The molecule has 4 nitrogen and oxygen atoms in total. The number of aliphatic carboxylic acids is 1. The van der Waals surface area contributed by atoms with Crippen LogP contribution in [-0.4, -0.2) is 35.2 Å². The summed E-state index contributed by atoms with van der Waals surface area (Å²) in [5, 5.41) is 8.91. The lowest BCUT2D eigenvalue weighted by Crippen LogP contribution is -2.47. The van der Waals surface area contributed by atoms with Crippen LogP contribution in [0.25, 0.3) is 0 Å². The Balaban J connectivity index is 2.11. The summed E-state index contributed by atoms with van der Waals surface area (Å²) < 4.78 is 44.5. The Hall–Kier alpha value is -1.02. The maximum absolute atomic E-state index is 12.9. The molecule has 0 bridgehead atoms. The van der Waals surface area contributed by atoms with Crippen molar-refractivity contribution in [3.8, 4) is 0 Å². The van der Waals surface area contributed by atoms with Gasteiger partial charge in [0.2, 0.25) is 0 Å². The second-order valence-corrected chi connectivity index (χ2v) is 5.33. The van der Waals surface area contributed by atoms with Crippen molar-refractivity contribution in [2.24, 2.45) is 5.41 Å². The number of alkyl halides is 3. The third-order valence-electron chi connectivity index (χ3n) is 3.31. The van der Waals surface area contributed by atoms with E-state index in [0.717, 1.165) is 0 Å². The zero-order valence-electron chi connectivity index (χ0n) is 9.71. The molecule has 2 heterocycles. The second-order valence-electron chi connectivity index (χ2n) is 4.55. The molecule has 0 aromatic carbocycles. The summed E-state index contributed by atoms with van der Waals surface area (Å²) in [5.41, 5.74) is -2.67. The van der Waals surface area contributed by atoms with Crippen LogP contribution in [0.15, 0.2) is 21.2 Å². The Bertz CT molecular complexity index is 488. The molecular formula is C11H11BrF3NO3. The number of nitrogens with zero attached hydrogens (tertiary/aromatic N) is 1. The summed E-state index contributed by atoms with van der Waals surface area (Å²) in [4.78, 5) is 12.4. The number of hydrogen-bond donors (Lipinski definition) is 1. The number of halogens is 4. The van der Waals surface area contributed by atoms with Crippen LogP contribution in [0, 0.1) is 5.41 Å². The molecule has 1 unspecified atom stereocenters. The standard InChI is InChI=1S/C11H11BrF3NO3/c12-8-2-1-7(19-8)5-16-4-3-10(6-16,9(17)18)11(13,14)15/h1-2H,3-6H2,(H,17,18). The first-order valence-corrected chi connectivity index (χ1v) is 6.30. The van der Waals surface area contributed by atoms with Crippen molar-refractivity contribution in [3.05, 3.63) is 22.6 Å². The number of carboxylic acids is 1. The number of furan rings is 1. The molecule has 1 N–H and O–H groups in total. The molecule has 1 atom stereocenters. The summed E-state index contributed by atoms with van der Waals surface area (Å²) in [7, 11) is 0. The highest BCUT2D eigenvalue weighted by Gasteiger charge is 2.63. The van der Waals surface area contributed by atoms with Crippen LogP contribution in [0.3, 0.4) is 0 Å². The van der Waals surface area contributed by atoms with Crippen molar-refractivity contribution in [2.45, 2.75) is 19.1 Å². The molecule has 1 aliphatic rings. The Morgan fingerprint density at radius 3 is 2.63 bits per heavy atom. The van der Waals surface area contributed by atoms with E-state index in [1.807, 2.05) is 0 Å². The lowest BCUT2D eigenvalue weighted by molar-refractivity contribution is -0.227. The Morgan fingerprint density at radius 2 is 2.21 bits per heavy atom. The first-order chi connectivity index (χ1) is 8.74. The van der Waals surface area contributed by atoms with E-state index < -0.39 is 30.5 Å². The van der Waals surface area contributed by atoms with E-state index in [2.05, 4.69) is 15.9 Å². The monoisotopic (exact) mass is 341 g/mol. The normalized spacial score (nSPS) is 24.8. The molecule has 0 radical (unpaired) electrons. The molecule has 19 heavy (non-hydrogen) atoms. The quantitative estimate of drug-likeness (QED) is 0.918. The topological polar surface area (TPSA) is 53.7 Å². The first kappa shape index (κ1) is 14.4. The van der Waals surface area contributed by atoms with E-state index in [4.69, 9.17) is 9.52 Å². The molecule has 2 rings (SSSR count). The molecule has 1 aliphatic heterocycles. The fraction of sp³-hybridized carbons (Fsp3) is 0.545. The minimum Gasteiger partial charge on any atom is -0.481 e. The van der Waals surface area contributed by atoms with E-state index in [-0.39, 0.29) is 13.1 Å². The average molecular weight is 342 g/mol. The molecular weight excluding hydrogens is 331 g/mol. The van der Waals surface area contributed by atoms with Gasteiger partial charge >= 0.3 is 12.1 Å². The van der Waals surface area contributed by atoms with Gasteiger partial charge in [-0.2, -0.15) is 13.2 Å². The largest absolute Gasteiger partial charge is 0.481 e. The lowest BCUT2D eigenvalue weighted by Gasteiger charge is -2.27. The van der Waals surface area contributed by atoms with Crippen LogP contribution in [0.1, 0.15) is 12.2 Å². The molecule has 0 amide bonds. The summed E-state index contributed by atoms with van der Waals surface area (Å²) in [6.45, 7) is -0.314. The smallest absolute Gasteiger partial charge is 0.406 e. The molecule has 0 spiro atoms. The van der Waals surface area contributed by atoms with E-state index in [9.17, 15) is 18.0 Å². The summed E-state index contributed by atoms with van der Waals surface area (Å²) in [5.74, 6) is -1.32. The molecule has 1 aromatic rings. The van der Waals surface area contributed by atoms with Gasteiger partial charge in [-0.15, -0.1) is 0 Å². The number of hydrogen-bond acceptors (Lipinski definition) is 3. The van der Waals surface area contributed by atoms with Crippen LogP contribution in [0.5, 0.6) is 0 Å². The number of likely N-dealkylation sites (tertiary alicyclic amines) is 1. The van der Waals surface area contributed by atoms with Gasteiger partial charge in [0.25, 0.3) is 0 Å². The molecule has 0 saturated carbocycles. The maximum Gasteiger partial charge on any atom is 0.406 e. The summed E-state index contributed by atoms with van der Waals surface area (Å²) in [6, 6.07) is 3.28. The lowest BCUT2D eigenvalue weighted by atomic mass is 9.86. The van der Waals surface area contributed by atoms with E-state index in [1.165, 1.54) is 4.90 Å². The van der Waals surface area contributed by atoms with Gasteiger partial charge in [0.15, 0.2) is 10.1 Å². The highest BCUT2D eigenvalue weighted by Crippen LogP contribution is 2.46. The minimum absolute atomic E-state index is 0.0735. The zero-order valence-corrected chi connectivity index (χ0v) is 11.3. The Kier molecular flexibility index (Phi) is 3.65.